The van der Waals surface area contributed by atoms with Crippen molar-refractivity contribution in [2.45, 2.75) is 128 Å². The molecule has 82 heavy (non-hydrogen) atoms. The third-order valence-corrected chi connectivity index (χ3v) is 18.6. The van der Waals surface area contributed by atoms with Gasteiger partial charge in [0.2, 0.25) is 18.1 Å². The van der Waals surface area contributed by atoms with Crippen LogP contribution in [0.3, 0.4) is 0 Å². The highest BCUT2D eigenvalue weighted by Gasteiger charge is 2.73. The lowest BCUT2D eigenvalue weighted by Gasteiger charge is -2.60. The van der Waals surface area contributed by atoms with Crippen molar-refractivity contribution < 1.29 is 73.6 Å². The molecule has 21 nitrogen and oxygen atoms in total. The molecular weight excluding hydrogens is 1060 g/mol. The average molecular weight is 1140 g/mol. The Kier molecular flexibility index (Phi) is 18.3. The van der Waals surface area contributed by atoms with Crippen LogP contribution in [0.15, 0.2) is 90.5 Å². The van der Waals surface area contributed by atoms with Crippen molar-refractivity contribution >= 4 is 52.5 Å². The smallest absolute Gasteiger partial charge is 0.411 e. The van der Waals surface area contributed by atoms with Gasteiger partial charge in [0.25, 0.3) is 0 Å². The van der Waals surface area contributed by atoms with Crippen LogP contribution >= 0.6 is 0 Å². The minimum absolute atomic E-state index is 0.000497. The Morgan fingerprint density at radius 3 is 2.41 bits per heavy atom. The topological polar surface area (TPSA) is 329 Å². The highest BCUT2D eigenvalue weighted by atomic mass is 16.7. The number of hydrogen-bond donors (Lipinski definition) is 11. The molecule has 2 heterocycles. The number of carboxylic acids is 1. The monoisotopic (exact) mass is 1130 g/mol. The molecule has 2 saturated heterocycles. The van der Waals surface area contributed by atoms with Crippen LogP contribution < -0.4 is 36.6 Å². The van der Waals surface area contributed by atoms with E-state index in [1.807, 2.05) is 36.4 Å². The number of aliphatic hydroxyl groups excluding tert-OH is 5. The van der Waals surface area contributed by atoms with E-state index in [1.165, 1.54) is 13.0 Å². The third-order valence-electron chi connectivity index (χ3n) is 18.6. The standard InChI is InChI=1S/C61H78N6O15/c1-34(69)65-45(10-4-5-21-62)55(76)64-23-7-22-63-46-26-37(13-18-48(46)81-57-53(75)51(73)52(74)54(82-57)56(77)78)32-80-58(79)66-40-9-6-8-36(25-40)24-35-11-15-41(16-12-35)67-30-39-28-44-43-17-14-38-27-42(70)19-20-59(38,2)50(43)47(71)29-60(44,3)61(39,33-67)49(72)31-68/h6,8-9,11-13,15-16,18-20,25-27,39,43-45,47,50-54,57,63,68,71,73-75H,4-5,7,10,14,17,21-24,28-33,62H2,1-3H3,(H,64,76)(H,65,69)(H,66,79)(H,77,78)/t39-,43-,44-,45-,47-,50+,51-,52-,53+,54-,57+,59-,60-,61+/m0/s1. The van der Waals surface area contributed by atoms with Gasteiger partial charge in [0.15, 0.2) is 17.7 Å². The molecular formula is C61H78N6O15. The number of aliphatic hydroxyl groups is 5. The average Bonchev–Trinajstić information content (AvgIpc) is 3.21. The molecule has 2 aliphatic heterocycles. The molecule has 0 radical (unpaired) electrons. The molecule has 3 saturated carbocycles. The van der Waals surface area contributed by atoms with Crippen molar-refractivity contribution in [3.8, 4) is 5.75 Å². The molecule has 0 spiro atoms. The van der Waals surface area contributed by atoms with Gasteiger partial charge >= 0.3 is 12.1 Å². The normalized spacial score (nSPS) is 31.1. The Labute approximate surface area is 476 Å². The van der Waals surface area contributed by atoms with Gasteiger partial charge in [0.05, 0.1) is 17.2 Å². The van der Waals surface area contributed by atoms with Crippen LogP contribution in [0, 0.1) is 39.9 Å². The van der Waals surface area contributed by atoms with E-state index in [4.69, 9.17) is 19.9 Å². The molecule has 14 atom stereocenters. The number of ether oxygens (including phenoxy) is 3. The fraction of sp³-hybridized carbons (Fsp3) is 0.541. The maximum atomic E-state index is 14.2. The van der Waals surface area contributed by atoms with Crippen LogP contribution in [-0.4, -0.2) is 148 Å². The molecule has 0 aromatic heterocycles. The number of nitrogens with one attached hydrogen (secondary N) is 4. The van der Waals surface area contributed by atoms with Crippen molar-refractivity contribution in [1.29, 1.82) is 0 Å². The summed E-state index contributed by atoms with van der Waals surface area (Å²) in [6, 6.07) is 19.5. The second-order valence-corrected chi connectivity index (χ2v) is 23.6. The summed E-state index contributed by atoms with van der Waals surface area (Å²) in [4.78, 5) is 78.6. The van der Waals surface area contributed by atoms with Crippen LogP contribution in [0.5, 0.6) is 5.75 Å². The third kappa shape index (κ3) is 12.0. The van der Waals surface area contributed by atoms with Gasteiger partial charge < -0.3 is 71.4 Å². The maximum absolute atomic E-state index is 14.2. The molecule has 3 aromatic rings. The first-order valence-electron chi connectivity index (χ1n) is 28.5. The summed E-state index contributed by atoms with van der Waals surface area (Å²) >= 11 is 0. The first kappa shape index (κ1) is 59.9. The van der Waals surface area contributed by atoms with E-state index in [9.17, 15) is 59.4 Å². The van der Waals surface area contributed by atoms with E-state index in [2.05, 4.69) is 52.1 Å². The van der Waals surface area contributed by atoms with Gasteiger partial charge in [0.1, 0.15) is 43.3 Å². The molecule has 0 bridgehead atoms. The molecule has 21 heteroatoms. The number of unbranched alkanes of at least 4 members (excludes halogenated alkanes) is 1. The number of carboxylic acid groups (broad SMARTS) is 1. The Hall–Kier alpha value is -6.72. The lowest BCUT2D eigenvalue weighted by Crippen LogP contribution is -2.61. The summed E-state index contributed by atoms with van der Waals surface area (Å²) in [6.45, 7) is 6.93. The number of ketones is 2. The number of hydrogen-bond acceptors (Lipinski definition) is 17. The number of rotatable bonds is 22. The van der Waals surface area contributed by atoms with Gasteiger partial charge in [-0.2, -0.15) is 0 Å². The van der Waals surface area contributed by atoms with Crippen molar-refractivity contribution in [1.82, 2.24) is 10.6 Å². The minimum Gasteiger partial charge on any atom is -0.479 e. The van der Waals surface area contributed by atoms with Crippen LogP contribution in [0.2, 0.25) is 0 Å². The van der Waals surface area contributed by atoms with Gasteiger partial charge in [-0.15, -0.1) is 0 Å². The molecule has 6 aliphatic rings. The van der Waals surface area contributed by atoms with Gasteiger partial charge in [-0.05, 0) is 153 Å². The van der Waals surface area contributed by atoms with Gasteiger partial charge in [-0.25, -0.2) is 9.59 Å². The van der Waals surface area contributed by atoms with Crippen molar-refractivity contribution in [2.24, 2.45) is 45.7 Å². The van der Waals surface area contributed by atoms with Gasteiger partial charge in [-0.1, -0.05) is 55.8 Å². The number of anilines is 3. The molecule has 5 fully saturated rings. The summed E-state index contributed by atoms with van der Waals surface area (Å²) in [5.41, 5.74) is 9.09. The Balaban J connectivity index is 0.811. The highest BCUT2D eigenvalue weighted by Crippen LogP contribution is 2.72. The zero-order valence-electron chi connectivity index (χ0n) is 46.6. The number of Topliss-reactive ketones (excluding diaryl/α,β-unsaturated/α-hetero) is 1. The molecule has 3 aromatic carbocycles. The number of carbonyl (C=O) groups excluding carboxylic acids is 5. The molecule has 9 rings (SSSR count). The SMILES string of the molecule is CC(=O)N[C@@H](CCCCN)C(=O)NCCCNc1cc(COC(=O)Nc2cccc(Cc3ccc(N4C[C@@H]5C[C@H]6[C@@H]7CCC8=CC(=O)C=C[C@]8(C)[C@H]7[C@@H](O)C[C@]6(C)[C@]5(C(=O)CO)C4)cc3)c2)ccc1O[C@@H]1O[C@H](C(=O)O)[C@@H](O)[C@H](O)[C@H]1O. The summed E-state index contributed by atoms with van der Waals surface area (Å²) in [5, 5.41) is 75.0. The zero-order chi connectivity index (χ0) is 58.7. The Bertz CT molecular complexity index is 2940. The number of allylic oxidation sites excluding steroid dienone is 4. The molecule has 12 N–H and O–H groups in total. The lowest BCUT2D eigenvalue weighted by atomic mass is 9.44. The van der Waals surface area contributed by atoms with E-state index in [1.54, 1.807) is 30.4 Å². The van der Waals surface area contributed by atoms with E-state index >= 15 is 0 Å². The maximum Gasteiger partial charge on any atom is 0.411 e. The fourth-order valence-electron chi connectivity index (χ4n) is 14.7. The van der Waals surface area contributed by atoms with Crippen molar-refractivity contribution in [3.05, 3.63) is 107 Å². The number of nitrogens with zero attached hydrogens (tertiary/aromatic N) is 1. The molecule has 4 aliphatic carbocycles. The summed E-state index contributed by atoms with van der Waals surface area (Å²) in [6.07, 6.45) is 0.312. The van der Waals surface area contributed by atoms with E-state index in [0.29, 0.717) is 75.1 Å². The predicted molar refractivity (Wildman–Crippen MR) is 301 cm³/mol. The quantitative estimate of drug-likeness (QED) is 0.0639. The van der Waals surface area contributed by atoms with E-state index in [-0.39, 0.29) is 72.5 Å². The van der Waals surface area contributed by atoms with Gasteiger partial charge in [-0.3, -0.25) is 24.5 Å². The summed E-state index contributed by atoms with van der Waals surface area (Å²) in [5.74, 6) is -2.07. The van der Waals surface area contributed by atoms with Crippen LogP contribution in [0.25, 0.3) is 0 Å². The van der Waals surface area contributed by atoms with Gasteiger partial charge in [0, 0.05) is 55.8 Å². The lowest BCUT2D eigenvalue weighted by molar-refractivity contribution is -0.271. The number of amides is 3. The number of aliphatic carboxylic acids is 1. The van der Waals surface area contributed by atoms with Crippen molar-refractivity contribution in [3.63, 3.8) is 0 Å². The summed E-state index contributed by atoms with van der Waals surface area (Å²) in [7, 11) is 0. The zero-order valence-corrected chi connectivity index (χ0v) is 46.6. The first-order chi connectivity index (χ1) is 39.2. The van der Waals surface area contributed by atoms with E-state index in [0.717, 1.165) is 41.6 Å². The number of benzene rings is 3. The molecule has 442 valence electrons. The minimum atomic E-state index is -1.93. The predicted octanol–water partition coefficient (Wildman–Crippen LogP) is 3.72. The second-order valence-electron chi connectivity index (χ2n) is 23.6. The second kappa shape index (κ2) is 25.0. The fourth-order valence-corrected chi connectivity index (χ4v) is 14.7. The van der Waals surface area contributed by atoms with Crippen molar-refractivity contribution in [2.75, 3.05) is 54.9 Å². The first-order valence-corrected chi connectivity index (χ1v) is 28.5. The van der Waals surface area contributed by atoms with Crippen LogP contribution in [-0.2, 0) is 46.5 Å². The van der Waals surface area contributed by atoms with Crippen LogP contribution in [0.4, 0.5) is 21.9 Å². The summed E-state index contributed by atoms with van der Waals surface area (Å²) < 4.78 is 16.9. The number of fused-ring (bicyclic) bond motifs is 7. The van der Waals surface area contributed by atoms with E-state index < -0.39 is 77.8 Å². The highest BCUT2D eigenvalue weighted by molar-refractivity contribution is 6.01. The Morgan fingerprint density at radius 2 is 1.68 bits per heavy atom. The Morgan fingerprint density at radius 1 is 0.915 bits per heavy atom. The van der Waals surface area contributed by atoms with Crippen LogP contribution in [0.1, 0.15) is 88.8 Å². The molecule has 0 unspecified atom stereocenters. The number of carbonyl (C=O) groups is 6. The number of nitrogens with two attached hydrogens (primary N) is 1. The molecule has 3 amide bonds. The largest absolute Gasteiger partial charge is 0.479 e.